The van der Waals surface area contributed by atoms with Gasteiger partial charge in [0.1, 0.15) is 16.8 Å². The van der Waals surface area contributed by atoms with E-state index < -0.39 is 58.5 Å². The number of aliphatic hydroxyl groups is 4. The van der Waals surface area contributed by atoms with Crippen LogP contribution in [-0.2, 0) is 28.7 Å². The Balaban J connectivity index is -0.000000162. The standard InChI is InChI=1S/C11H23NO5.C11H21NO3.C6H11Br.C6H15NO3.C5H11NO3.ClHN4/c1-10(2,3)17-9(14)12-16-7-6-8(13)11(4,5)15;1-9(2)7-6-8-14-12-10(13)15-11(3,4)5;1-6(2)4-3-5-7;1-6(2,9)5(8)3-4-10-7;1-5(2,3)9-4(7)6-8;1-3-5-4-2/h8,13,15H,6-7H2,1-5H3,(H,12,14);7H,6,8H2,1-5H3,(H,12,13);4H,3,5H2,1-2H3;5,8-9H,3-4,7H2,1-2H3;8H,1-3H3,(H,6,7);2H. The van der Waals surface area contributed by atoms with Gasteiger partial charge in [-0.3, -0.25) is 14.9 Å². The molecular weight excluding hydrogens is 920 g/mol. The highest BCUT2D eigenvalue weighted by Crippen LogP contribution is 2.12. The zero-order valence-corrected chi connectivity index (χ0v) is 42.9. The predicted molar refractivity (Wildman–Crippen MR) is 244 cm³/mol. The lowest BCUT2D eigenvalue weighted by atomic mass is 10.00. The number of alkyl halides is 1. The van der Waals surface area contributed by atoms with Crippen molar-refractivity contribution in [3.8, 4) is 0 Å². The molecule has 376 valence electrons. The summed E-state index contributed by atoms with van der Waals surface area (Å²) in [5.74, 6) is 4.73. The lowest BCUT2D eigenvalue weighted by Gasteiger charge is -2.24. The second-order valence-electron chi connectivity index (χ2n) is 17.4. The molecule has 0 radical (unpaired) electrons. The number of rotatable bonds is 16. The molecule has 0 aromatic heterocycles. The number of ether oxygens (including phenoxy) is 3. The highest BCUT2D eigenvalue weighted by Gasteiger charge is 2.25. The number of halogens is 2. The number of allylic oxidation sites excluding steroid dienone is 3. The van der Waals surface area contributed by atoms with Gasteiger partial charge < -0.3 is 39.5 Å². The first kappa shape index (κ1) is 71.5. The summed E-state index contributed by atoms with van der Waals surface area (Å²) >= 11 is 7.88. The zero-order valence-electron chi connectivity index (χ0n) is 40.6. The normalized spacial score (nSPS) is 12.0. The highest BCUT2D eigenvalue weighted by molar-refractivity contribution is 9.09. The minimum atomic E-state index is -1.19. The molecule has 0 rings (SSSR count). The number of hydrogen-bond donors (Lipinski definition) is 10. The number of hydrogen-bond acceptors (Lipinski definition) is 17. The van der Waals surface area contributed by atoms with Crippen molar-refractivity contribution in [3.63, 3.8) is 0 Å². The molecule has 11 N–H and O–H groups in total. The Hall–Kier alpha value is -3.10. The van der Waals surface area contributed by atoms with Crippen LogP contribution in [-0.4, -0.2) is 109 Å². The summed E-state index contributed by atoms with van der Waals surface area (Å²) in [6.45, 7) is 30.9. The van der Waals surface area contributed by atoms with Crippen molar-refractivity contribution in [2.75, 3.05) is 25.2 Å². The summed E-state index contributed by atoms with van der Waals surface area (Å²) in [7, 11) is 0. The third-order valence-electron chi connectivity index (χ3n) is 5.75. The van der Waals surface area contributed by atoms with Gasteiger partial charge in [-0.2, -0.15) is 16.5 Å². The summed E-state index contributed by atoms with van der Waals surface area (Å²) in [6.07, 6.45) is 2.97. The van der Waals surface area contributed by atoms with Gasteiger partial charge in [0, 0.05) is 18.2 Å². The topological polar surface area (TPSA) is 331 Å². The fourth-order valence-electron chi connectivity index (χ4n) is 2.94. The zero-order chi connectivity index (χ0) is 51.1. The van der Waals surface area contributed by atoms with Crippen LogP contribution in [0.25, 0.3) is 0 Å². The minimum absolute atomic E-state index is 0.0877. The molecule has 22 nitrogen and oxygen atoms in total. The minimum Gasteiger partial charge on any atom is -0.442 e. The van der Waals surface area contributed by atoms with Gasteiger partial charge in [-0.1, -0.05) is 43.9 Å². The van der Waals surface area contributed by atoms with Gasteiger partial charge in [-0.05, 0) is 141 Å². The molecule has 0 aromatic rings. The molecule has 3 amide bonds. The number of hydroxylamine groups is 3. The molecule has 0 aromatic carbocycles. The summed E-state index contributed by atoms with van der Waals surface area (Å²) in [5, 5.41) is 51.3. The Morgan fingerprint density at radius 3 is 1.27 bits per heavy atom. The van der Waals surface area contributed by atoms with Crippen molar-refractivity contribution in [3.05, 3.63) is 23.3 Å². The van der Waals surface area contributed by atoms with Gasteiger partial charge in [-0.15, -0.1) is 0 Å². The van der Waals surface area contributed by atoms with Gasteiger partial charge in [-0.25, -0.2) is 25.8 Å². The van der Waals surface area contributed by atoms with Gasteiger partial charge >= 0.3 is 18.3 Å². The maximum absolute atomic E-state index is 11.1. The Bertz CT molecular complexity index is 1260. The molecule has 0 fully saturated rings. The number of amides is 3. The average molecular weight is 1000 g/mol. The molecule has 0 saturated carbocycles. The van der Waals surface area contributed by atoms with E-state index in [4.69, 9.17) is 46.0 Å². The average Bonchev–Trinajstić information content (AvgIpc) is 3.09. The van der Waals surface area contributed by atoms with Crippen LogP contribution in [0, 0.1) is 5.53 Å². The second kappa shape index (κ2) is 40.4. The Labute approximate surface area is 388 Å². The van der Waals surface area contributed by atoms with Gasteiger partial charge in [0.25, 0.3) is 0 Å². The maximum atomic E-state index is 11.1. The van der Waals surface area contributed by atoms with Gasteiger partial charge in [0.2, 0.25) is 0 Å². The Morgan fingerprint density at radius 1 is 0.683 bits per heavy atom. The van der Waals surface area contributed by atoms with E-state index in [-0.39, 0.29) is 19.6 Å². The molecule has 24 heteroatoms. The SMILES string of the molecule is CC(C)(C)OC(=O)NO.CC(C)(C)OC(=O)NOCCC(O)C(C)(C)O.CC(C)(O)C(O)CCON.CC(C)=CCCBr.CC(C)=CCCONC(=O)OC(C)(C)C.N=NN=NCl. The van der Waals surface area contributed by atoms with E-state index in [1.807, 2.05) is 19.9 Å². The first-order valence-corrected chi connectivity index (χ1v) is 21.1. The summed E-state index contributed by atoms with van der Waals surface area (Å²) < 4.78 is 17.1. The van der Waals surface area contributed by atoms with Crippen molar-refractivity contribution in [1.29, 1.82) is 5.53 Å². The fourth-order valence-corrected chi connectivity index (χ4v) is 3.20. The van der Waals surface area contributed by atoms with E-state index >= 15 is 0 Å². The molecule has 63 heavy (non-hydrogen) atoms. The third-order valence-corrected chi connectivity index (χ3v) is 6.27. The van der Waals surface area contributed by atoms with E-state index in [0.29, 0.717) is 13.0 Å². The number of aliphatic hydroxyl groups excluding tert-OH is 2. The first-order valence-electron chi connectivity index (χ1n) is 19.6. The Kier molecular flexibility index (Phi) is 45.9. The number of nitrogens with two attached hydrogens (primary N) is 1. The van der Waals surface area contributed by atoms with Crippen LogP contribution in [0.3, 0.4) is 0 Å². The van der Waals surface area contributed by atoms with Crippen molar-refractivity contribution in [1.82, 2.24) is 16.4 Å². The maximum Gasteiger partial charge on any atom is 0.431 e. The lowest BCUT2D eigenvalue weighted by Crippen LogP contribution is -2.38. The summed E-state index contributed by atoms with van der Waals surface area (Å²) in [5.41, 5.74) is 10.3. The van der Waals surface area contributed by atoms with E-state index in [9.17, 15) is 24.6 Å². The van der Waals surface area contributed by atoms with Crippen LogP contribution >= 0.6 is 27.7 Å². The molecule has 0 aliphatic heterocycles. The molecule has 0 aliphatic rings. The van der Waals surface area contributed by atoms with Crippen molar-refractivity contribution in [2.24, 2.45) is 21.0 Å². The van der Waals surface area contributed by atoms with Crippen molar-refractivity contribution in [2.45, 2.75) is 184 Å². The van der Waals surface area contributed by atoms with E-state index in [1.165, 1.54) is 44.3 Å². The van der Waals surface area contributed by atoms with Crippen LogP contribution < -0.4 is 22.3 Å². The fraction of sp³-hybridized carbons (Fsp3) is 0.821. The monoisotopic (exact) mass is 1000 g/mol. The van der Waals surface area contributed by atoms with Crippen molar-refractivity contribution < 1.29 is 68.7 Å². The highest BCUT2D eigenvalue weighted by atomic mass is 79.9. The van der Waals surface area contributed by atoms with E-state index in [1.54, 1.807) is 62.3 Å². The van der Waals surface area contributed by atoms with E-state index in [0.717, 1.165) is 18.2 Å². The number of nitrogens with one attached hydrogen (secondary N) is 4. The quantitative estimate of drug-likeness (QED) is 0.0132. The van der Waals surface area contributed by atoms with Crippen LogP contribution in [0.15, 0.2) is 38.4 Å². The van der Waals surface area contributed by atoms with Crippen molar-refractivity contribution >= 4 is 46.0 Å². The van der Waals surface area contributed by atoms with Gasteiger partial charge in [0.15, 0.2) is 0 Å². The van der Waals surface area contributed by atoms with Crippen LogP contribution in [0.2, 0.25) is 0 Å². The molecule has 0 bridgehead atoms. The number of carbonyl (C=O) groups is 3. The van der Waals surface area contributed by atoms with Crippen LogP contribution in [0.5, 0.6) is 0 Å². The number of nitrogens with zero attached hydrogens (tertiary/aromatic N) is 3. The molecule has 0 heterocycles. The van der Waals surface area contributed by atoms with E-state index in [2.05, 4.69) is 83.2 Å². The first-order chi connectivity index (χ1) is 28.5. The summed E-state index contributed by atoms with van der Waals surface area (Å²) in [6, 6.07) is 0. The van der Waals surface area contributed by atoms with Gasteiger partial charge in [0.05, 0.1) is 55.0 Å². The molecule has 2 atom stereocenters. The molecule has 0 saturated heterocycles. The largest absolute Gasteiger partial charge is 0.442 e. The lowest BCUT2D eigenvalue weighted by molar-refractivity contribution is -0.0709. The number of carbonyl (C=O) groups excluding carboxylic acids is 3. The van der Waals surface area contributed by atoms with Crippen LogP contribution in [0.4, 0.5) is 14.4 Å². The Morgan fingerprint density at radius 2 is 1.03 bits per heavy atom. The van der Waals surface area contributed by atoms with Crippen LogP contribution in [0.1, 0.15) is 143 Å². The molecular formula is C39H82BrClN8O14. The molecule has 2 unspecified atom stereocenters. The molecule has 0 aliphatic carbocycles. The third kappa shape index (κ3) is 73.6. The summed E-state index contributed by atoms with van der Waals surface area (Å²) in [4.78, 5) is 46.4. The predicted octanol–water partition coefficient (Wildman–Crippen LogP) is 8.34. The second-order valence-corrected chi connectivity index (χ2v) is 18.3. The molecule has 0 spiro atoms. The smallest absolute Gasteiger partial charge is 0.431 e.